The normalized spacial score (nSPS) is 17.9. The molecule has 0 aromatic heterocycles. The minimum absolute atomic E-state index is 0.0808. The summed E-state index contributed by atoms with van der Waals surface area (Å²) < 4.78 is 17.3. The molecular formula is C21H27NO3. The molecule has 1 N–H and O–H groups in total. The Kier molecular flexibility index (Phi) is 6.18. The predicted molar refractivity (Wildman–Crippen MR) is 101 cm³/mol. The van der Waals surface area contributed by atoms with Crippen LogP contribution in [-0.2, 0) is 4.74 Å². The highest BCUT2D eigenvalue weighted by Crippen LogP contribution is 2.19. The second kappa shape index (κ2) is 8.77. The summed E-state index contributed by atoms with van der Waals surface area (Å²) in [5, 5.41) is 3.40. The minimum Gasteiger partial charge on any atom is -0.491 e. The van der Waals surface area contributed by atoms with E-state index in [1.165, 1.54) is 5.56 Å². The molecule has 0 saturated carbocycles. The minimum atomic E-state index is 0.0808. The Morgan fingerprint density at radius 2 is 2.00 bits per heavy atom. The van der Waals surface area contributed by atoms with Gasteiger partial charge in [-0.2, -0.15) is 0 Å². The maximum absolute atomic E-state index is 5.94. The predicted octanol–water partition coefficient (Wildman–Crippen LogP) is 4.43. The lowest BCUT2D eigenvalue weighted by molar-refractivity contribution is 0.0679. The number of ether oxygens (including phenoxy) is 3. The van der Waals surface area contributed by atoms with E-state index >= 15 is 0 Å². The van der Waals surface area contributed by atoms with E-state index in [-0.39, 0.29) is 12.2 Å². The first-order chi connectivity index (χ1) is 12.2. The topological polar surface area (TPSA) is 39.7 Å². The smallest absolute Gasteiger partial charge is 0.120 e. The Labute approximate surface area is 150 Å². The SMILES string of the molecule is Cc1cccc(OC(C)CNc2ccc(OCC3CCCO3)cc2)c1. The zero-order chi connectivity index (χ0) is 17.5. The van der Waals surface area contributed by atoms with Crippen LogP contribution in [0.2, 0.25) is 0 Å². The van der Waals surface area contributed by atoms with Crippen LogP contribution in [0.3, 0.4) is 0 Å². The van der Waals surface area contributed by atoms with Gasteiger partial charge in [-0.3, -0.25) is 0 Å². The van der Waals surface area contributed by atoms with Gasteiger partial charge in [0.25, 0.3) is 0 Å². The van der Waals surface area contributed by atoms with Crippen molar-refractivity contribution in [2.75, 3.05) is 25.1 Å². The van der Waals surface area contributed by atoms with Crippen LogP contribution >= 0.6 is 0 Å². The number of rotatable bonds is 8. The molecule has 0 amide bonds. The van der Waals surface area contributed by atoms with Gasteiger partial charge in [-0.1, -0.05) is 12.1 Å². The van der Waals surface area contributed by atoms with Crippen LogP contribution in [0.15, 0.2) is 48.5 Å². The van der Waals surface area contributed by atoms with Crippen LogP contribution in [0.5, 0.6) is 11.5 Å². The lowest BCUT2D eigenvalue weighted by Crippen LogP contribution is -2.22. The molecule has 1 fully saturated rings. The van der Waals surface area contributed by atoms with E-state index in [1.807, 2.05) is 36.4 Å². The summed E-state index contributed by atoms with van der Waals surface area (Å²) in [6.07, 6.45) is 2.56. The molecule has 2 aromatic rings. The van der Waals surface area contributed by atoms with Crippen molar-refractivity contribution in [2.24, 2.45) is 0 Å². The van der Waals surface area contributed by atoms with Crippen molar-refractivity contribution in [1.29, 1.82) is 0 Å². The second-order valence-corrected chi connectivity index (χ2v) is 6.60. The van der Waals surface area contributed by atoms with Gasteiger partial charge in [0.05, 0.1) is 12.6 Å². The summed E-state index contributed by atoms with van der Waals surface area (Å²) in [6, 6.07) is 16.2. The van der Waals surface area contributed by atoms with Crippen LogP contribution in [0.1, 0.15) is 25.3 Å². The van der Waals surface area contributed by atoms with E-state index in [2.05, 4.69) is 31.3 Å². The van der Waals surface area contributed by atoms with Crippen molar-refractivity contribution in [3.05, 3.63) is 54.1 Å². The molecule has 0 aliphatic carbocycles. The van der Waals surface area contributed by atoms with Gasteiger partial charge in [0.15, 0.2) is 0 Å². The maximum Gasteiger partial charge on any atom is 0.120 e. The van der Waals surface area contributed by atoms with Gasteiger partial charge in [0, 0.05) is 12.3 Å². The maximum atomic E-state index is 5.94. The summed E-state index contributed by atoms with van der Waals surface area (Å²) in [5.74, 6) is 1.79. The molecule has 0 spiro atoms. The molecule has 1 saturated heterocycles. The zero-order valence-electron chi connectivity index (χ0n) is 15.0. The summed E-state index contributed by atoms with van der Waals surface area (Å²) in [7, 11) is 0. The van der Waals surface area contributed by atoms with E-state index in [9.17, 15) is 0 Å². The molecule has 2 aromatic carbocycles. The molecule has 4 nitrogen and oxygen atoms in total. The number of benzene rings is 2. The third-order valence-electron chi connectivity index (χ3n) is 4.23. The zero-order valence-corrected chi connectivity index (χ0v) is 15.0. The van der Waals surface area contributed by atoms with Crippen molar-refractivity contribution in [3.63, 3.8) is 0 Å². The van der Waals surface area contributed by atoms with E-state index in [4.69, 9.17) is 14.2 Å². The molecule has 1 heterocycles. The Balaban J connectivity index is 1.41. The van der Waals surface area contributed by atoms with E-state index in [0.717, 1.165) is 43.2 Å². The third kappa shape index (κ3) is 5.68. The Bertz CT molecular complexity index is 650. The molecule has 2 atom stereocenters. The molecular weight excluding hydrogens is 314 g/mol. The number of nitrogens with one attached hydrogen (secondary N) is 1. The van der Waals surface area contributed by atoms with Crippen LogP contribution in [-0.4, -0.2) is 32.0 Å². The molecule has 25 heavy (non-hydrogen) atoms. The highest BCUT2D eigenvalue weighted by Gasteiger charge is 2.15. The van der Waals surface area contributed by atoms with Crippen LogP contribution < -0.4 is 14.8 Å². The second-order valence-electron chi connectivity index (χ2n) is 6.60. The highest BCUT2D eigenvalue weighted by molar-refractivity contribution is 5.46. The van der Waals surface area contributed by atoms with Gasteiger partial charge in [-0.05, 0) is 68.7 Å². The molecule has 2 unspecified atom stereocenters. The number of anilines is 1. The average molecular weight is 341 g/mol. The van der Waals surface area contributed by atoms with Gasteiger partial charge in [-0.15, -0.1) is 0 Å². The highest BCUT2D eigenvalue weighted by atomic mass is 16.5. The molecule has 1 aliphatic rings. The lowest BCUT2D eigenvalue weighted by Gasteiger charge is -2.17. The summed E-state index contributed by atoms with van der Waals surface area (Å²) in [6.45, 7) is 6.37. The molecule has 4 heteroatoms. The fourth-order valence-corrected chi connectivity index (χ4v) is 2.86. The summed E-state index contributed by atoms with van der Waals surface area (Å²) in [4.78, 5) is 0. The van der Waals surface area contributed by atoms with Crippen molar-refractivity contribution < 1.29 is 14.2 Å². The van der Waals surface area contributed by atoms with Gasteiger partial charge in [0.2, 0.25) is 0 Å². The Morgan fingerprint density at radius 3 is 2.72 bits per heavy atom. The van der Waals surface area contributed by atoms with Gasteiger partial charge >= 0.3 is 0 Å². The van der Waals surface area contributed by atoms with Crippen molar-refractivity contribution in [2.45, 2.75) is 38.9 Å². The fraction of sp³-hybridized carbons (Fsp3) is 0.429. The Morgan fingerprint density at radius 1 is 1.16 bits per heavy atom. The van der Waals surface area contributed by atoms with E-state index in [1.54, 1.807) is 0 Å². The van der Waals surface area contributed by atoms with E-state index in [0.29, 0.717) is 6.61 Å². The molecule has 1 aliphatic heterocycles. The van der Waals surface area contributed by atoms with Gasteiger partial charge in [-0.25, -0.2) is 0 Å². The van der Waals surface area contributed by atoms with Crippen molar-refractivity contribution in [1.82, 2.24) is 0 Å². The quantitative estimate of drug-likeness (QED) is 0.771. The fourth-order valence-electron chi connectivity index (χ4n) is 2.86. The molecule has 0 bridgehead atoms. The Hall–Kier alpha value is -2.20. The first-order valence-electron chi connectivity index (χ1n) is 9.01. The van der Waals surface area contributed by atoms with Crippen molar-refractivity contribution >= 4 is 5.69 Å². The van der Waals surface area contributed by atoms with Crippen LogP contribution in [0, 0.1) is 6.92 Å². The largest absolute Gasteiger partial charge is 0.491 e. The number of hydrogen-bond acceptors (Lipinski definition) is 4. The lowest BCUT2D eigenvalue weighted by atomic mass is 10.2. The first-order valence-corrected chi connectivity index (χ1v) is 9.01. The molecule has 3 rings (SSSR count). The third-order valence-corrected chi connectivity index (χ3v) is 4.23. The monoisotopic (exact) mass is 341 g/mol. The molecule has 134 valence electrons. The number of aryl methyl sites for hydroxylation is 1. The van der Waals surface area contributed by atoms with E-state index < -0.39 is 0 Å². The number of hydrogen-bond donors (Lipinski definition) is 1. The summed E-state index contributed by atoms with van der Waals surface area (Å²) in [5.41, 5.74) is 2.26. The van der Waals surface area contributed by atoms with Crippen LogP contribution in [0.25, 0.3) is 0 Å². The standard InChI is InChI=1S/C21H27NO3/c1-16-5-3-6-20(13-16)25-17(2)14-22-18-8-10-19(11-9-18)24-15-21-7-4-12-23-21/h3,5-6,8-11,13,17,21-22H,4,7,12,14-15H2,1-2H3. The molecule has 0 radical (unpaired) electrons. The van der Waals surface area contributed by atoms with Crippen molar-refractivity contribution in [3.8, 4) is 11.5 Å². The van der Waals surface area contributed by atoms with Crippen LogP contribution in [0.4, 0.5) is 5.69 Å². The summed E-state index contributed by atoms with van der Waals surface area (Å²) >= 11 is 0. The average Bonchev–Trinajstić information content (AvgIpc) is 3.13. The van der Waals surface area contributed by atoms with Gasteiger partial charge in [0.1, 0.15) is 24.2 Å². The van der Waals surface area contributed by atoms with Gasteiger partial charge < -0.3 is 19.5 Å². The first kappa shape index (κ1) is 17.6.